The second-order valence-corrected chi connectivity index (χ2v) is 8.13. The molecule has 1 saturated carbocycles. The third kappa shape index (κ3) is 2.26. The average Bonchev–Trinajstić information content (AvgIpc) is 2.99. The summed E-state index contributed by atoms with van der Waals surface area (Å²) in [6.07, 6.45) is 2.68. The summed E-state index contributed by atoms with van der Waals surface area (Å²) in [5.74, 6) is -1.36. The molecular weight excluding hydrogens is 316 g/mol. The van der Waals surface area contributed by atoms with E-state index < -0.39 is 18.0 Å². The molecule has 1 unspecified atom stereocenters. The van der Waals surface area contributed by atoms with Gasteiger partial charge >= 0.3 is 0 Å². The second-order valence-electron chi connectivity index (χ2n) is 8.13. The number of aromatic nitrogens is 1. The fourth-order valence-corrected chi connectivity index (χ4v) is 5.87. The number of fused-ring (bicyclic) bond motifs is 6. The van der Waals surface area contributed by atoms with Gasteiger partial charge in [0.05, 0.1) is 24.9 Å². The van der Waals surface area contributed by atoms with Crippen LogP contribution in [0, 0.1) is 17.8 Å². The van der Waals surface area contributed by atoms with Gasteiger partial charge in [-0.3, -0.25) is 0 Å². The quantitative estimate of drug-likeness (QED) is 0.673. The van der Waals surface area contributed by atoms with Crippen molar-refractivity contribution in [1.29, 1.82) is 0 Å². The number of hydrogen-bond acceptors (Lipinski definition) is 3. The van der Waals surface area contributed by atoms with Gasteiger partial charge in [-0.1, -0.05) is 18.2 Å². The van der Waals surface area contributed by atoms with Crippen LogP contribution in [0.4, 0.5) is 0 Å². The van der Waals surface area contributed by atoms with Crippen LogP contribution in [0.15, 0.2) is 24.3 Å². The van der Waals surface area contributed by atoms with Gasteiger partial charge in [-0.05, 0) is 30.4 Å². The molecule has 0 radical (unpaired) electrons. The maximum Gasteiger partial charge on any atom is 0.129 e. The molecule has 2 fully saturated rings. The Balaban J connectivity index is 1.54. The molecule has 0 bridgehead atoms. The molecule has 132 valence electrons. The average molecular weight is 340 g/mol. The van der Waals surface area contributed by atoms with Crippen molar-refractivity contribution in [2.45, 2.75) is 37.8 Å². The molecule has 1 saturated heterocycles. The number of quaternary nitrogens is 1. The van der Waals surface area contributed by atoms with Gasteiger partial charge in [0.25, 0.3) is 0 Å². The maximum absolute atomic E-state index is 11.7. The topological polar surface area (TPSA) is 80.6 Å². The molecule has 3 heterocycles. The largest absolute Gasteiger partial charge is 0.550 e. The molecular formula is C20H24N2O3. The summed E-state index contributed by atoms with van der Waals surface area (Å²) in [6, 6.07) is 8.73. The van der Waals surface area contributed by atoms with Crippen LogP contribution in [-0.4, -0.2) is 35.3 Å². The summed E-state index contributed by atoms with van der Waals surface area (Å²) in [7, 11) is 0. The maximum atomic E-state index is 11.7. The molecule has 0 spiro atoms. The van der Waals surface area contributed by atoms with Crippen LogP contribution in [0.2, 0.25) is 0 Å². The summed E-state index contributed by atoms with van der Waals surface area (Å²) in [4.78, 5) is 16.9. The number of carboxylic acid groups (broad SMARTS) is 1. The summed E-state index contributed by atoms with van der Waals surface area (Å²) in [5, 5.41) is 23.2. The molecule has 3 N–H and O–H groups in total. The molecule has 0 amide bonds. The van der Waals surface area contributed by atoms with Crippen molar-refractivity contribution in [3.05, 3.63) is 35.5 Å². The number of nitrogens with one attached hydrogen (secondary N) is 2. The minimum absolute atomic E-state index is 0.0277. The lowest BCUT2D eigenvalue weighted by atomic mass is 9.65. The number of carboxylic acids is 1. The highest BCUT2D eigenvalue weighted by Gasteiger charge is 2.49. The highest BCUT2D eigenvalue weighted by molar-refractivity contribution is 5.85. The van der Waals surface area contributed by atoms with E-state index in [2.05, 4.69) is 29.2 Å². The molecule has 1 aliphatic carbocycles. The monoisotopic (exact) mass is 340 g/mol. The highest BCUT2D eigenvalue weighted by Crippen LogP contribution is 2.43. The number of aliphatic hydroxyl groups excluding tert-OH is 1. The van der Waals surface area contributed by atoms with E-state index in [4.69, 9.17) is 0 Å². The minimum atomic E-state index is -1.07. The molecule has 3 aliphatic rings. The van der Waals surface area contributed by atoms with Crippen LogP contribution in [0.25, 0.3) is 10.9 Å². The van der Waals surface area contributed by atoms with E-state index in [1.165, 1.54) is 22.2 Å². The van der Waals surface area contributed by atoms with Gasteiger partial charge in [-0.2, -0.15) is 0 Å². The summed E-state index contributed by atoms with van der Waals surface area (Å²) in [6.45, 7) is 2.13. The third-order valence-electron chi connectivity index (χ3n) is 7.00. The number of piperidine rings is 1. The number of hydrogen-bond donors (Lipinski definition) is 3. The summed E-state index contributed by atoms with van der Waals surface area (Å²) in [5.41, 5.74) is 3.87. The van der Waals surface area contributed by atoms with E-state index in [9.17, 15) is 15.0 Å². The van der Waals surface area contributed by atoms with E-state index in [1.54, 1.807) is 4.90 Å². The molecule has 25 heavy (non-hydrogen) atoms. The first-order valence-corrected chi connectivity index (χ1v) is 9.46. The van der Waals surface area contributed by atoms with Crippen LogP contribution in [0.5, 0.6) is 0 Å². The SMILES string of the molecule is O=C([O-])[C@@H]1[C@H]2C[C@@H]3c4[nH]c5ccccc5c4CC[NH+]3C[C@@H]2CC[C@@H]1O. The van der Waals surface area contributed by atoms with Crippen molar-refractivity contribution in [3.63, 3.8) is 0 Å². The molecule has 2 aliphatic heterocycles. The first kappa shape index (κ1) is 15.4. The lowest BCUT2D eigenvalue weighted by Gasteiger charge is -2.49. The van der Waals surface area contributed by atoms with Crippen LogP contribution >= 0.6 is 0 Å². The zero-order valence-electron chi connectivity index (χ0n) is 14.2. The summed E-state index contributed by atoms with van der Waals surface area (Å²) < 4.78 is 0. The number of carbonyl (C=O) groups excluding carboxylic acids is 1. The number of aliphatic carboxylic acids is 1. The van der Waals surface area contributed by atoms with Gasteiger partial charge in [0.2, 0.25) is 0 Å². The fraction of sp³-hybridized carbons (Fsp3) is 0.550. The van der Waals surface area contributed by atoms with Crippen LogP contribution in [-0.2, 0) is 11.2 Å². The predicted octanol–water partition coefficient (Wildman–Crippen LogP) is -0.193. The van der Waals surface area contributed by atoms with Crippen LogP contribution in [0.3, 0.4) is 0 Å². The van der Waals surface area contributed by atoms with Crippen molar-refractivity contribution >= 4 is 16.9 Å². The van der Waals surface area contributed by atoms with Gasteiger partial charge in [-0.15, -0.1) is 0 Å². The molecule has 5 heteroatoms. The lowest BCUT2D eigenvalue weighted by Crippen LogP contribution is -3.15. The van der Waals surface area contributed by atoms with Gasteiger partial charge in [-0.25, -0.2) is 0 Å². The Morgan fingerprint density at radius 2 is 2.12 bits per heavy atom. The van der Waals surface area contributed by atoms with E-state index in [1.807, 2.05) is 0 Å². The Morgan fingerprint density at radius 3 is 2.96 bits per heavy atom. The lowest BCUT2D eigenvalue weighted by molar-refractivity contribution is -0.945. The zero-order valence-corrected chi connectivity index (χ0v) is 14.2. The van der Waals surface area contributed by atoms with E-state index in [-0.39, 0.29) is 5.92 Å². The van der Waals surface area contributed by atoms with Crippen LogP contribution in [0.1, 0.15) is 36.6 Å². The molecule has 1 aromatic carbocycles. The van der Waals surface area contributed by atoms with Crippen molar-refractivity contribution in [2.24, 2.45) is 17.8 Å². The van der Waals surface area contributed by atoms with Crippen LogP contribution < -0.4 is 10.0 Å². The second kappa shape index (κ2) is 5.58. The Kier molecular flexibility index (Phi) is 3.44. The number of carbonyl (C=O) groups is 1. The van der Waals surface area contributed by atoms with E-state index >= 15 is 0 Å². The van der Waals surface area contributed by atoms with Crippen molar-refractivity contribution in [3.8, 4) is 0 Å². The molecule has 6 atom stereocenters. The first-order valence-electron chi connectivity index (χ1n) is 9.46. The normalized spacial score (nSPS) is 37.2. The summed E-state index contributed by atoms with van der Waals surface area (Å²) >= 11 is 0. The number of para-hydroxylation sites is 1. The number of rotatable bonds is 1. The number of benzene rings is 1. The zero-order chi connectivity index (χ0) is 17.1. The van der Waals surface area contributed by atoms with Gasteiger partial charge < -0.3 is 24.9 Å². The fourth-order valence-electron chi connectivity index (χ4n) is 5.87. The molecule has 5 rings (SSSR count). The van der Waals surface area contributed by atoms with E-state index in [0.717, 1.165) is 32.4 Å². The molecule has 5 nitrogen and oxygen atoms in total. The Morgan fingerprint density at radius 1 is 1.28 bits per heavy atom. The van der Waals surface area contributed by atoms with Crippen molar-refractivity contribution < 1.29 is 19.9 Å². The van der Waals surface area contributed by atoms with Gasteiger partial charge in [0, 0.05) is 41.5 Å². The standard InChI is InChI=1S/C20H24N2O3/c23-17-6-5-11-10-22-8-7-13-12-3-1-2-4-15(12)21-19(13)16(22)9-14(11)18(17)20(24)25/h1-4,11,14,16-18,21,23H,5-10H2,(H,24,25)/t11-,14-,16+,17-,18+/m0/s1. The number of H-pyrrole nitrogens is 1. The smallest absolute Gasteiger partial charge is 0.129 e. The Hall–Kier alpha value is -1.85. The predicted molar refractivity (Wildman–Crippen MR) is 90.8 cm³/mol. The minimum Gasteiger partial charge on any atom is -0.550 e. The van der Waals surface area contributed by atoms with E-state index in [0.29, 0.717) is 18.4 Å². The Labute approximate surface area is 146 Å². The van der Waals surface area contributed by atoms with Gasteiger partial charge in [0.15, 0.2) is 0 Å². The highest BCUT2D eigenvalue weighted by atomic mass is 16.4. The third-order valence-corrected chi connectivity index (χ3v) is 7.00. The number of aromatic amines is 1. The van der Waals surface area contributed by atoms with Crippen molar-refractivity contribution in [1.82, 2.24) is 4.98 Å². The Bertz CT molecular complexity index is 829. The first-order chi connectivity index (χ1) is 12.1. The molecule has 2 aromatic rings. The van der Waals surface area contributed by atoms with Crippen molar-refractivity contribution in [2.75, 3.05) is 13.1 Å². The van der Waals surface area contributed by atoms with Gasteiger partial charge in [0.1, 0.15) is 6.04 Å². The number of aliphatic hydroxyl groups is 1. The molecule has 1 aromatic heterocycles.